The number of anilines is 1. The number of benzene rings is 2. The van der Waals surface area contributed by atoms with Crippen molar-refractivity contribution in [1.29, 1.82) is 0 Å². The number of amides is 1. The molecule has 34 heavy (non-hydrogen) atoms. The van der Waals surface area contributed by atoms with Crippen molar-refractivity contribution >= 4 is 43.9 Å². The van der Waals surface area contributed by atoms with Crippen molar-refractivity contribution in [1.82, 2.24) is 15.2 Å². The zero-order valence-corrected chi connectivity index (χ0v) is 19.8. The van der Waals surface area contributed by atoms with Crippen molar-refractivity contribution in [3.8, 4) is 5.75 Å². The van der Waals surface area contributed by atoms with E-state index in [0.29, 0.717) is 12.2 Å². The number of nitrogens with one attached hydrogen (secondary N) is 2. The third kappa shape index (κ3) is 5.03. The standard InChI is InChI=1S/C26H29FN4O2S/c27-19-4-6-21-24(17-34-25(21)16-19)31-11-3-10-30(12-13-31)9-2-1-8-28-26(33)23-15-18-14-20(32)5-7-22(18)29-23/h4-7,14-17,29,32H,1-3,8-13H2,(H,28,33). The lowest BCUT2D eigenvalue weighted by Gasteiger charge is -2.23. The number of carbonyl (C=O) groups is 1. The fourth-order valence-electron chi connectivity index (χ4n) is 4.67. The normalized spacial score (nSPS) is 15.1. The molecule has 0 aliphatic carbocycles. The molecule has 1 aliphatic rings. The van der Waals surface area contributed by atoms with Gasteiger partial charge in [0.1, 0.15) is 17.3 Å². The minimum absolute atomic E-state index is 0.121. The van der Waals surface area contributed by atoms with Gasteiger partial charge in [-0.2, -0.15) is 0 Å². The van der Waals surface area contributed by atoms with Crippen LogP contribution in [0.1, 0.15) is 29.8 Å². The number of thiophene rings is 1. The maximum Gasteiger partial charge on any atom is 0.267 e. The number of nitrogens with zero attached hydrogens (tertiary/aromatic N) is 2. The Kier molecular flexibility index (Phi) is 6.69. The van der Waals surface area contributed by atoms with Crippen LogP contribution in [-0.4, -0.2) is 60.2 Å². The highest BCUT2D eigenvalue weighted by Crippen LogP contribution is 2.34. The van der Waals surface area contributed by atoms with Gasteiger partial charge >= 0.3 is 0 Å². The predicted molar refractivity (Wildman–Crippen MR) is 137 cm³/mol. The first-order chi connectivity index (χ1) is 16.6. The fraction of sp³-hybridized carbons (Fsp3) is 0.346. The van der Waals surface area contributed by atoms with Gasteiger partial charge in [0.15, 0.2) is 0 Å². The molecule has 0 radical (unpaired) electrons. The van der Waals surface area contributed by atoms with E-state index in [4.69, 9.17) is 0 Å². The molecule has 0 spiro atoms. The molecule has 178 valence electrons. The first-order valence-electron chi connectivity index (χ1n) is 11.8. The first kappa shape index (κ1) is 22.7. The minimum atomic E-state index is -0.180. The summed E-state index contributed by atoms with van der Waals surface area (Å²) >= 11 is 1.61. The maximum absolute atomic E-state index is 13.5. The largest absolute Gasteiger partial charge is 0.508 e. The lowest BCUT2D eigenvalue weighted by Crippen LogP contribution is -2.31. The first-order valence-corrected chi connectivity index (χ1v) is 12.7. The van der Waals surface area contributed by atoms with Gasteiger partial charge in [-0.05, 0) is 74.8 Å². The van der Waals surface area contributed by atoms with Gasteiger partial charge in [0.25, 0.3) is 5.91 Å². The Morgan fingerprint density at radius 2 is 2.00 bits per heavy atom. The molecule has 5 rings (SSSR count). The molecule has 0 unspecified atom stereocenters. The number of phenols is 1. The van der Waals surface area contributed by atoms with Crippen molar-refractivity contribution in [2.24, 2.45) is 0 Å². The Morgan fingerprint density at radius 3 is 2.91 bits per heavy atom. The predicted octanol–water partition coefficient (Wildman–Crippen LogP) is 4.95. The van der Waals surface area contributed by atoms with Gasteiger partial charge in [0, 0.05) is 52.5 Å². The summed E-state index contributed by atoms with van der Waals surface area (Å²) in [5, 5.41) is 16.7. The monoisotopic (exact) mass is 480 g/mol. The minimum Gasteiger partial charge on any atom is -0.508 e. The number of unbranched alkanes of at least 4 members (excludes halogenated alkanes) is 1. The van der Waals surface area contributed by atoms with E-state index in [1.54, 1.807) is 47.7 Å². The van der Waals surface area contributed by atoms with Crippen LogP contribution in [0.3, 0.4) is 0 Å². The summed E-state index contributed by atoms with van der Waals surface area (Å²) in [6, 6.07) is 11.8. The van der Waals surface area contributed by atoms with Crippen LogP contribution in [0.15, 0.2) is 47.8 Å². The van der Waals surface area contributed by atoms with Gasteiger partial charge in [-0.3, -0.25) is 4.79 Å². The molecule has 0 saturated carbocycles. The number of phenolic OH excluding ortho intramolecular Hbond substituents is 1. The van der Waals surface area contributed by atoms with E-state index in [9.17, 15) is 14.3 Å². The summed E-state index contributed by atoms with van der Waals surface area (Å²) in [5.41, 5.74) is 2.56. The van der Waals surface area contributed by atoms with E-state index in [2.05, 4.69) is 25.5 Å². The SMILES string of the molecule is O=C(NCCCCN1CCCN(c2csc3cc(F)ccc23)CC1)c1cc2cc(O)ccc2[nH]1. The van der Waals surface area contributed by atoms with Gasteiger partial charge < -0.3 is 25.2 Å². The Hall–Kier alpha value is -3.10. The molecule has 2 aromatic heterocycles. The van der Waals surface area contributed by atoms with Crippen LogP contribution in [0.25, 0.3) is 21.0 Å². The third-order valence-corrected chi connectivity index (χ3v) is 7.41. The number of hydrogen-bond acceptors (Lipinski definition) is 5. The lowest BCUT2D eigenvalue weighted by atomic mass is 10.2. The Bertz CT molecular complexity index is 1300. The number of hydrogen-bond donors (Lipinski definition) is 3. The highest BCUT2D eigenvalue weighted by molar-refractivity contribution is 7.17. The second-order valence-corrected chi connectivity index (χ2v) is 9.77. The van der Waals surface area contributed by atoms with E-state index in [-0.39, 0.29) is 17.5 Å². The quantitative estimate of drug-likeness (QED) is 0.327. The van der Waals surface area contributed by atoms with Crippen molar-refractivity contribution in [3.05, 3.63) is 59.4 Å². The van der Waals surface area contributed by atoms with E-state index in [1.807, 2.05) is 6.07 Å². The number of rotatable bonds is 7. The van der Waals surface area contributed by atoms with Gasteiger partial charge in [0.05, 0.1) is 5.69 Å². The van der Waals surface area contributed by atoms with Gasteiger partial charge in [0.2, 0.25) is 0 Å². The van der Waals surface area contributed by atoms with E-state index < -0.39 is 0 Å². The lowest BCUT2D eigenvalue weighted by molar-refractivity contribution is 0.0948. The molecule has 0 atom stereocenters. The molecule has 4 aromatic rings. The molecule has 1 aliphatic heterocycles. The van der Waals surface area contributed by atoms with Crippen molar-refractivity contribution < 1.29 is 14.3 Å². The summed E-state index contributed by atoms with van der Waals surface area (Å²) in [5.74, 6) is -0.112. The maximum atomic E-state index is 13.5. The van der Waals surface area contributed by atoms with E-state index in [0.717, 1.165) is 73.0 Å². The van der Waals surface area contributed by atoms with Crippen LogP contribution < -0.4 is 10.2 Å². The average molecular weight is 481 g/mol. The summed E-state index contributed by atoms with van der Waals surface area (Å²) in [4.78, 5) is 20.5. The Balaban J connectivity index is 1.06. The molecule has 8 heteroatoms. The zero-order valence-electron chi connectivity index (χ0n) is 19.0. The topological polar surface area (TPSA) is 71.6 Å². The number of halogens is 1. The second kappa shape index (κ2) is 10.0. The van der Waals surface area contributed by atoms with Crippen LogP contribution in [0.5, 0.6) is 5.75 Å². The summed E-state index contributed by atoms with van der Waals surface area (Å²) in [6.07, 6.45) is 3.06. The Morgan fingerprint density at radius 1 is 1.09 bits per heavy atom. The second-order valence-electron chi connectivity index (χ2n) is 8.86. The molecule has 2 aromatic carbocycles. The van der Waals surface area contributed by atoms with Gasteiger partial charge in [-0.25, -0.2) is 4.39 Å². The molecule has 3 heterocycles. The number of aromatic amines is 1. The van der Waals surface area contributed by atoms with Crippen LogP contribution in [0, 0.1) is 5.82 Å². The zero-order chi connectivity index (χ0) is 23.5. The molecule has 3 N–H and O–H groups in total. The van der Waals surface area contributed by atoms with Crippen LogP contribution in [0.2, 0.25) is 0 Å². The number of aromatic nitrogens is 1. The number of H-pyrrole nitrogens is 1. The highest BCUT2D eigenvalue weighted by atomic mass is 32.1. The van der Waals surface area contributed by atoms with E-state index in [1.165, 1.54) is 5.69 Å². The summed E-state index contributed by atoms with van der Waals surface area (Å²) in [7, 11) is 0. The fourth-order valence-corrected chi connectivity index (χ4v) is 5.66. The van der Waals surface area contributed by atoms with Crippen molar-refractivity contribution in [3.63, 3.8) is 0 Å². The molecule has 1 saturated heterocycles. The van der Waals surface area contributed by atoms with Crippen LogP contribution in [0.4, 0.5) is 10.1 Å². The third-order valence-electron chi connectivity index (χ3n) is 6.48. The summed E-state index contributed by atoms with van der Waals surface area (Å²) in [6.45, 7) is 5.71. The average Bonchev–Trinajstić information content (AvgIpc) is 3.36. The van der Waals surface area contributed by atoms with Crippen molar-refractivity contribution in [2.45, 2.75) is 19.3 Å². The number of fused-ring (bicyclic) bond motifs is 2. The van der Waals surface area contributed by atoms with Crippen LogP contribution >= 0.6 is 11.3 Å². The van der Waals surface area contributed by atoms with Crippen molar-refractivity contribution in [2.75, 3.05) is 44.2 Å². The highest BCUT2D eigenvalue weighted by Gasteiger charge is 2.18. The number of aromatic hydroxyl groups is 1. The van der Waals surface area contributed by atoms with Gasteiger partial charge in [-0.15, -0.1) is 11.3 Å². The molecule has 0 bridgehead atoms. The smallest absolute Gasteiger partial charge is 0.267 e. The van der Waals surface area contributed by atoms with Gasteiger partial charge in [-0.1, -0.05) is 0 Å². The Labute approximate surface area is 202 Å². The van der Waals surface area contributed by atoms with E-state index >= 15 is 0 Å². The summed E-state index contributed by atoms with van der Waals surface area (Å²) < 4.78 is 14.5. The molecule has 1 amide bonds. The van der Waals surface area contributed by atoms with Crippen LogP contribution in [-0.2, 0) is 0 Å². The molecular weight excluding hydrogens is 451 g/mol. The molecule has 6 nitrogen and oxygen atoms in total. The number of carbonyl (C=O) groups excluding carboxylic acids is 1. The molecule has 1 fully saturated rings. The molecular formula is C26H29FN4O2S.